The van der Waals surface area contributed by atoms with E-state index in [1.807, 2.05) is 0 Å². The Balaban J connectivity index is 1.88. The zero-order valence-electron chi connectivity index (χ0n) is 26.6. The molecular formula is C30H29N3O12S3. The largest absolute Gasteiger partial charge is 0.495 e. The highest BCUT2D eigenvalue weighted by Crippen LogP contribution is 2.71. The van der Waals surface area contributed by atoms with Crippen LogP contribution in [0.25, 0.3) is 5.57 Å². The highest BCUT2D eigenvalue weighted by Gasteiger charge is 2.62. The number of anilines is 1. The Morgan fingerprint density at radius 1 is 0.854 bits per heavy atom. The second-order valence-corrected chi connectivity index (χ2v) is 14.4. The minimum absolute atomic E-state index is 0.193. The van der Waals surface area contributed by atoms with Gasteiger partial charge in [-0.2, -0.15) is 0 Å². The number of nitrogens with zero attached hydrogens (tertiary/aromatic N) is 2. The zero-order chi connectivity index (χ0) is 35.3. The number of benzene rings is 1. The van der Waals surface area contributed by atoms with E-state index < -0.39 is 57.5 Å². The Morgan fingerprint density at radius 2 is 1.42 bits per heavy atom. The predicted molar refractivity (Wildman–Crippen MR) is 176 cm³/mol. The number of imidazole rings is 1. The maximum absolute atomic E-state index is 14.3. The van der Waals surface area contributed by atoms with Gasteiger partial charge in [0.1, 0.15) is 31.1 Å². The summed E-state index contributed by atoms with van der Waals surface area (Å²) in [6.07, 6.45) is 1.05. The molecule has 2 N–H and O–H groups in total. The number of amides is 1. The summed E-state index contributed by atoms with van der Waals surface area (Å²) in [6, 6.07) is 4.90. The summed E-state index contributed by atoms with van der Waals surface area (Å²) in [5.74, 6) is -4.58. The van der Waals surface area contributed by atoms with Crippen molar-refractivity contribution in [2.24, 2.45) is 0 Å². The van der Waals surface area contributed by atoms with E-state index >= 15 is 0 Å². The van der Waals surface area contributed by atoms with Crippen molar-refractivity contribution in [2.75, 3.05) is 40.4 Å². The van der Waals surface area contributed by atoms with Crippen LogP contribution >= 0.6 is 35.3 Å². The van der Waals surface area contributed by atoms with Gasteiger partial charge in [0.15, 0.2) is 0 Å². The van der Waals surface area contributed by atoms with E-state index in [1.54, 1.807) is 32.0 Å². The number of methoxy groups -OCH3 is 5. The Morgan fingerprint density at radius 3 is 1.92 bits per heavy atom. The van der Waals surface area contributed by atoms with Crippen LogP contribution in [0.5, 0.6) is 11.6 Å². The molecule has 1 amide bonds. The molecule has 0 saturated carbocycles. The number of fused-ring (bicyclic) bond motifs is 3. The van der Waals surface area contributed by atoms with E-state index in [-0.39, 0.29) is 31.7 Å². The van der Waals surface area contributed by atoms with Crippen molar-refractivity contribution in [1.82, 2.24) is 9.55 Å². The summed E-state index contributed by atoms with van der Waals surface area (Å²) >= 11 is 2.43. The molecule has 3 aliphatic heterocycles. The number of carbonyl (C=O) groups is 5. The van der Waals surface area contributed by atoms with Crippen molar-refractivity contribution < 1.29 is 52.8 Å². The summed E-state index contributed by atoms with van der Waals surface area (Å²) in [4.78, 5) is 83.8. The Bertz CT molecular complexity index is 1910. The number of esters is 4. The number of hydrogen-bond donors (Lipinski definition) is 2. The Kier molecular flexibility index (Phi) is 9.28. The molecule has 254 valence electrons. The van der Waals surface area contributed by atoms with Crippen LogP contribution in [-0.2, 0) is 49.5 Å². The summed E-state index contributed by atoms with van der Waals surface area (Å²) in [5, 5.41) is 10.3. The van der Waals surface area contributed by atoms with E-state index in [9.17, 15) is 33.9 Å². The fraction of sp³-hybridized carbons (Fsp3) is 0.333. The molecular weight excluding hydrogens is 691 g/mol. The molecule has 48 heavy (non-hydrogen) atoms. The number of aromatic nitrogens is 2. The lowest BCUT2D eigenvalue weighted by molar-refractivity contribution is -0.138. The maximum Gasteiger partial charge on any atom is 0.345 e. The van der Waals surface area contributed by atoms with Crippen molar-refractivity contribution in [2.45, 2.75) is 30.0 Å². The van der Waals surface area contributed by atoms with Gasteiger partial charge in [0.05, 0.1) is 58.5 Å². The predicted octanol–water partition coefficient (Wildman–Crippen LogP) is 2.51. The van der Waals surface area contributed by atoms with Gasteiger partial charge in [-0.3, -0.25) is 14.3 Å². The second kappa shape index (κ2) is 12.8. The van der Waals surface area contributed by atoms with Crippen LogP contribution in [0.3, 0.4) is 0 Å². The average Bonchev–Trinajstić information content (AvgIpc) is 3.62. The first-order valence-corrected chi connectivity index (χ1v) is 16.3. The SMILES string of the molecule is COC(=O)C1=C(C(=O)OC)SC2(S1)C(C(=O)OC)=C(C(=O)OC)SC1=C2c2cccc(OC)c2N(C(=O)Cn2c(O)c[nH]c2=O)C1(C)C. The number of rotatable bonds is 7. The Hall–Kier alpha value is -4.55. The van der Waals surface area contributed by atoms with Gasteiger partial charge in [-0.15, -0.1) is 0 Å². The molecule has 0 atom stereocenters. The van der Waals surface area contributed by atoms with Crippen molar-refractivity contribution in [1.29, 1.82) is 0 Å². The third-order valence-corrected chi connectivity index (χ3v) is 12.4. The highest BCUT2D eigenvalue weighted by molar-refractivity contribution is 8.26. The van der Waals surface area contributed by atoms with Gasteiger partial charge < -0.3 is 33.8 Å². The third-order valence-electron chi connectivity index (χ3n) is 7.73. The molecule has 15 nitrogen and oxygen atoms in total. The molecule has 1 spiro atoms. The lowest BCUT2D eigenvalue weighted by Crippen LogP contribution is -2.55. The van der Waals surface area contributed by atoms with Gasteiger partial charge in [0.2, 0.25) is 11.8 Å². The van der Waals surface area contributed by atoms with Gasteiger partial charge in [0.25, 0.3) is 0 Å². The van der Waals surface area contributed by atoms with Crippen LogP contribution in [-0.4, -0.2) is 89.6 Å². The van der Waals surface area contributed by atoms with Gasteiger partial charge in [0, 0.05) is 16.0 Å². The molecule has 1 aromatic heterocycles. The minimum atomic E-state index is -1.78. The first-order valence-electron chi connectivity index (χ1n) is 13.8. The van der Waals surface area contributed by atoms with Crippen molar-refractivity contribution >= 4 is 76.3 Å². The lowest BCUT2D eigenvalue weighted by Gasteiger charge is -2.51. The molecule has 0 radical (unpaired) electrons. The lowest BCUT2D eigenvalue weighted by atomic mass is 9.83. The highest BCUT2D eigenvalue weighted by atomic mass is 32.2. The molecule has 0 saturated heterocycles. The van der Waals surface area contributed by atoms with Gasteiger partial charge in [-0.25, -0.2) is 24.0 Å². The molecule has 0 unspecified atom stereocenters. The van der Waals surface area contributed by atoms with Crippen LogP contribution in [0.15, 0.2) is 54.4 Å². The number of ether oxygens (including phenoxy) is 5. The molecule has 18 heteroatoms. The number of nitrogens with one attached hydrogen (secondary N) is 1. The van der Waals surface area contributed by atoms with E-state index in [4.69, 9.17) is 23.7 Å². The van der Waals surface area contributed by atoms with E-state index in [0.717, 1.165) is 74.5 Å². The average molecular weight is 720 g/mol. The van der Waals surface area contributed by atoms with Crippen LogP contribution in [0.1, 0.15) is 19.4 Å². The topological polar surface area (TPSA) is 193 Å². The molecule has 1 aromatic carbocycles. The molecule has 0 aliphatic carbocycles. The minimum Gasteiger partial charge on any atom is -0.495 e. The molecule has 4 heterocycles. The molecule has 5 rings (SSSR count). The van der Waals surface area contributed by atoms with Crippen LogP contribution in [0, 0.1) is 0 Å². The summed E-state index contributed by atoms with van der Waals surface area (Å²) in [5.41, 5.74) is -1.45. The van der Waals surface area contributed by atoms with Gasteiger partial charge in [-0.05, 0) is 19.9 Å². The monoisotopic (exact) mass is 719 g/mol. The van der Waals surface area contributed by atoms with Crippen LogP contribution < -0.4 is 15.3 Å². The van der Waals surface area contributed by atoms with Gasteiger partial charge in [-0.1, -0.05) is 47.4 Å². The third kappa shape index (κ3) is 5.18. The molecule has 2 aromatic rings. The molecule has 3 aliphatic rings. The number of hydrogen-bond acceptors (Lipinski definition) is 15. The number of aromatic amines is 1. The van der Waals surface area contributed by atoms with Crippen molar-refractivity contribution in [3.05, 3.63) is 65.6 Å². The number of carbonyl (C=O) groups excluding carboxylic acids is 5. The van der Waals surface area contributed by atoms with Crippen LogP contribution in [0.2, 0.25) is 0 Å². The molecule has 0 fully saturated rings. The summed E-state index contributed by atoms with van der Waals surface area (Å²) < 4.78 is 25.1. The number of para-hydroxylation sites is 1. The smallest absolute Gasteiger partial charge is 0.345 e. The fourth-order valence-electron chi connectivity index (χ4n) is 5.67. The van der Waals surface area contributed by atoms with E-state index in [1.165, 1.54) is 12.0 Å². The summed E-state index contributed by atoms with van der Waals surface area (Å²) in [7, 11) is 5.88. The number of thioether (sulfide) groups is 3. The second-order valence-electron chi connectivity index (χ2n) is 10.6. The first-order chi connectivity index (χ1) is 22.7. The van der Waals surface area contributed by atoms with E-state index in [0.29, 0.717) is 16.0 Å². The van der Waals surface area contributed by atoms with E-state index in [2.05, 4.69) is 4.98 Å². The zero-order valence-corrected chi connectivity index (χ0v) is 29.0. The fourth-order valence-corrected chi connectivity index (χ4v) is 10.7. The van der Waals surface area contributed by atoms with Crippen molar-refractivity contribution in [3.63, 3.8) is 0 Å². The van der Waals surface area contributed by atoms with Gasteiger partial charge >= 0.3 is 29.6 Å². The first kappa shape index (κ1) is 34.8. The normalized spacial score (nSPS) is 17.5. The van der Waals surface area contributed by atoms with Crippen LogP contribution in [0.4, 0.5) is 5.69 Å². The summed E-state index contributed by atoms with van der Waals surface area (Å²) in [6.45, 7) is 2.76. The quantitative estimate of drug-likeness (QED) is 0.313. The number of aromatic hydroxyl groups is 1. The maximum atomic E-state index is 14.3. The Labute approximate surface area is 285 Å². The number of H-pyrrole nitrogens is 1. The molecule has 0 bridgehead atoms. The standard InChI is InChI=1S/C30H29N3O12S3/c1-29(2)23-17(13-9-8-10-14(41-3)19(13)33(29)16(35)12-32-15(34)11-31-28(32)40)30(18(24(36)42-4)20(46-23)25(37)43-5)47-21(26(38)44-6)22(48-30)27(39)45-7/h8-11,34H,12H2,1-7H3,(H,31,40). The van der Waals surface area contributed by atoms with Crippen molar-refractivity contribution in [3.8, 4) is 11.6 Å².